The number of hydrogen-bond acceptors (Lipinski definition) is 3. The maximum absolute atomic E-state index is 10.4. The van der Waals surface area contributed by atoms with Gasteiger partial charge in [-0.2, -0.15) is 0 Å². The third-order valence-electron chi connectivity index (χ3n) is 1.14. The molecule has 0 bridgehead atoms. The Kier molecular flexibility index (Phi) is 1.19. The molecule has 1 rings (SSSR count). The molecule has 1 heterocycles. The molecule has 1 atom stereocenters. The van der Waals surface area contributed by atoms with Crippen LogP contribution < -0.4 is 5.84 Å². The number of carbonyl (C=O) groups excluding carboxylic acids is 1. The van der Waals surface area contributed by atoms with Gasteiger partial charge in [0.25, 0.3) is 0 Å². The first-order valence-corrected chi connectivity index (χ1v) is 2.43. The minimum Gasteiger partial charge on any atom is -0.391 e. The molecule has 0 aromatic heterocycles. The lowest BCUT2D eigenvalue weighted by molar-refractivity contribution is -0.127. The summed E-state index contributed by atoms with van der Waals surface area (Å²) in [6.07, 6.45) is -0.372. The van der Waals surface area contributed by atoms with Crippen LogP contribution >= 0.6 is 0 Å². The van der Waals surface area contributed by atoms with Crippen molar-refractivity contribution in [2.45, 2.75) is 12.5 Å². The molecule has 1 aliphatic rings. The highest BCUT2D eigenvalue weighted by Crippen LogP contribution is 2.04. The summed E-state index contributed by atoms with van der Waals surface area (Å²) < 4.78 is 0. The molecule has 4 heteroatoms. The predicted molar refractivity (Wildman–Crippen MR) is 26.5 cm³/mol. The molecule has 0 aromatic rings. The summed E-state index contributed by atoms with van der Waals surface area (Å²) in [5.41, 5.74) is 0. The number of carbonyl (C=O) groups is 1. The van der Waals surface area contributed by atoms with Crippen LogP contribution in [0.2, 0.25) is 0 Å². The van der Waals surface area contributed by atoms with Gasteiger partial charge in [0.05, 0.1) is 19.1 Å². The van der Waals surface area contributed by atoms with Crippen LogP contribution in [0.5, 0.6) is 0 Å². The lowest BCUT2D eigenvalue weighted by Gasteiger charge is -2.04. The van der Waals surface area contributed by atoms with Gasteiger partial charge in [-0.3, -0.25) is 9.80 Å². The summed E-state index contributed by atoms with van der Waals surface area (Å²) >= 11 is 0. The number of hydrazine groups is 1. The summed E-state index contributed by atoms with van der Waals surface area (Å²) in [6.45, 7) is 0.277. The van der Waals surface area contributed by atoms with Crippen molar-refractivity contribution in [3.63, 3.8) is 0 Å². The van der Waals surface area contributed by atoms with Crippen molar-refractivity contribution < 1.29 is 9.90 Å². The summed E-state index contributed by atoms with van der Waals surface area (Å²) in [5.74, 6) is 4.91. The molecule has 46 valence electrons. The van der Waals surface area contributed by atoms with Crippen LogP contribution in [-0.4, -0.2) is 28.7 Å². The van der Waals surface area contributed by atoms with E-state index in [0.29, 0.717) is 0 Å². The second-order valence-electron chi connectivity index (χ2n) is 1.90. The van der Waals surface area contributed by atoms with Crippen molar-refractivity contribution in [2.75, 3.05) is 6.54 Å². The molecule has 1 aliphatic heterocycles. The Bertz CT molecular complexity index is 115. The molecular weight excluding hydrogens is 108 g/mol. The Morgan fingerprint density at radius 3 is 2.62 bits per heavy atom. The van der Waals surface area contributed by atoms with Crippen LogP contribution in [0.15, 0.2) is 0 Å². The minimum atomic E-state index is -0.549. The largest absolute Gasteiger partial charge is 0.391 e. The zero-order valence-electron chi connectivity index (χ0n) is 4.37. The number of rotatable bonds is 0. The standard InChI is InChI=1S/C4H8N2O2/c5-6-2-3(7)1-4(6)8/h3,7H,1-2,5H2/t3-/m1/s1. The number of nitrogens with zero attached hydrogens (tertiary/aromatic N) is 1. The van der Waals surface area contributed by atoms with Gasteiger partial charge in [0, 0.05) is 0 Å². The van der Waals surface area contributed by atoms with Crippen molar-refractivity contribution in [1.82, 2.24) is 5.01 Å². The fraction of sp³-hybridized carbons (Fsp3) is 0.750. The number of aliphatic hydroxyl groups is 1. The lowest BCUT2D eigenvalue weighted by Crippen LogP contribution is -2.32. The zero-order chi connectivity index (χ0) is 6.15. The van der Waals surface area contributed by atoms with E-state index in [1.165, 1.54) is 0 Å². The molecule has 0 spiro atoms. The minimum absolute atomic E-state index is 0.177. The number of hydrogen-bond donors (Lipinski definition) is 2. The average molecular weight is 116 g/mol. The van der Waals surface area contributed by atoms with E-state index in [9.17, 15) is 4.79 Å². The predicted octanol–water partition coefficient (Wildman–Crippen LogP) is -1.55. The number of amides is 1. The first-order valence-electron chi connectivity index (χ1n) is 2.43. The maximum atomic E-state index is 10.4. The maximum Gasteiger partial charge on any atom is 0.239 e. The Balaban J connectivity index is 2.51. The van der Waals surface area contributed by atoms with Crippen LogP contribution in [0, 0.1) is 0 Å². The van der Waals surface area contributed by atoms with Crippen molar-refractivity contribution >= 4 is 5.91 Å². The van der Waals surface area contributed by atoms with E-state index >= 15 is 0 Å². The first-order chi connectivity index (χ1) is 3.70. The smallest absolute Gasteiger partial charge is 0.239 e. The van der Waals surface area contributed by atoms with E-state index in [1.807, 2.05) is 0 Å². The molecule has 8 heavy (non-hydrogen) atoms. The van der Waals surface area contributed by atoms with Gasteiger partial charge in [-0.25, -0.2) is 5.84 Å². The molecule has 1 fully saturated rings. The average Bonchev–Trinajstić information content (AvgIpc) is 1.85. The number of β-amino-alcohol motifs (C(OH)–C–C–N with tert-alkyl or cyclic N) is 1. The Morgan fingerprint density at radius 1 is 1.88 bits per heavy atom. The highest BCUT2D eigenvalue weighted by Gasteiger charge is 2.24. The SMILES string of the molecule is NN1C[C@H](O)CC1=O. The van der Waals surface area contributed by atoms with E-state index in [1.54, 1.807) is 0 Å². The van der Waals surface area contributed by atoms with Gasteiger partial charge in [-0.15, -0.1) is 0 Å². The van der Waals surface area contributed by atoms with Crippen molar-refractivity contribution in [3.8, 4) is 0 Å². The molecule has 0 aromatic carbocycles. The summed E-state index contributed by atoms with van der Waals surface area (Å²) in [6, 6.07) is 0. The lowest BCUT2D eigenvalue weighted by atomic mass is 10.3. The summed E-state index contributed by atoms with van der Waals surface area (Å²) in [5, 5.41) is 9.76. The topological polar surface area (TPSA) is 66.6 Å². The molecule has 0 aliphatic carbocycles. The van der Waals surface area contributed by atoms with Gasteiger partial charge in [0.2, 0.25) is 5.91 Å². The Morgan fingerprint density at radius 2 is 2.50 bits per heavy atom. The van der Waals surface area contributed by atoms with Crippen LogP contribution in [0.1, 0.15) is 6.42 Å². The van der Waals surface area contributed by atoms with Crippen molar-refractivity contribution in [3.05, 3.63) is 0 Å². The third kappa shape index (κ3) is 0.801. The summed E-state index contributed by atoms with van der Waals surface area (Å²) in [4.78, 5) is 10.4. The van der Waals surface area contributed by atoms with Gasteiger partial charge in [-0.05, 0) is 0 Å². The van der Waals surface area contributed by atoms with E-state index in [2.05, 4.69) is 0 Å². The molecule has 3 N–H and O–H groups in total. The van der Waals surface area contributed by atoms with Crippen LogP contribution in [0.4, 0.5) is 0 Å². The molecule has 0 unspecified atom stereocenters. The molecule has 0 radical (unpaired) electrons. The first kappa shape index (κ1) is 5.53. The highest BCUT2D eigenvalue weighted by molar-refractivity contribution is 5.78. The fourth-order valence-corrected chi connectivity index (χ4v) is 0.712. The van der Waals surface area contributed by atoms with Crippen molar-refractivity contribution in [1.29, 1.82) is 0 Å². The van der Waals surface area contributed by atoms with E-state index in [0.717, 1.165) is 5.01 Å². The number of nitrogens with two attached hydrogens (primary N) is 1. The van der Waals surface area contributed by atoms with Gasteiger partial charge in [0.15, 0.2) is 0 Å². The van der Waals surface area contributed by atoms with Crippen molar-refractivity contribution in [2.24, 2.45) is 5.84 Å². The van der Waals surface area contributed by atoms with Gasteiger partial charge >= 0.3 is 0 Å². The van der Waals surface area contributed by atoms with Gasteiger partial charge < -0.3 is 5.11 Å². The number of aliphatic hydroxyl groups excluding tert-OH is 1. The molecular formula is C4H8N2O2. The van der Waals surface area contributed by atoms with Gasteiger partial charge in [0.1, 0.15) is 0 Å². The highest BCUT2D eigenvalue weighted by atomic mass is 16.3. The third-order valence-corrected chi connectivity index (χ3v) is 1.14. The molecule has 4 nitrogen and oxygen atoms in total. The van der Waals surface area contributed by atoms with E-state index in [4.69, 9.17) is 10.9 Å². The fourth-order valence-electron chi connectivity index (χ4n) is 0.712. The molecule has 1 amide bonds. The Labute approximate surface area is 46.9 Å². The monoisotopic (exact) mass is 116 g/mol. The van der Waals surface area contributed by atoms with Crippen LogP contribution in [0.25, 0.3) is 0 Å². The van der Waals surface area contributed by atoms with E-state index in [-0.39, 0.29) is 18.9 Å². The van der Waals surface area contributed by atoms with Crippen LogP contribution in [0.3, 0.4) is 0 Å². The molecule has 0 saturated carbocycles. The van der Waals surface area contributed by atoms with E-state index < -0.39 is 6.10 Å². The summed E-state index contributed by atoms with van der Waals surface area (Å²) in [7, 11) is 0. The second kappa shape index (κ2) is 1.72. The normalized spacial score (nSPS) is 29.5. The Hall–Kier alpha value is -0.610. The quantitative estimate of drug-likeness (QED) is 0.297. The zero-order valence-corrected chi connectivity index (χ0v) is 4.37. The second-order valence-corrected chi connectivity index (χ2v) is 1.90. The van der Waals surface area contributed by atoms with Gasteiger partial charge in [-0.1, -0.05) is 0 Å². The van der Waals surface area contributed by atoms with Crippen LogP contribution in [-0.2, 0) is 4.79 Å². The molecule has 1 saturated heterocycles.